The zero-order chi connectivity index (χ0) is 17.5. The van der Waals surface area contributed by atoms with Gasteiger partial charge in [-0.2, -0.15) is 0 Å². The molecule has 25 heavy (non-hydrogen) atoms. The summed E-state index contributed by atoms with van der Waals surface area (Å²) in [6, 6.07) is 0.0896. The molecular weight excluding hydrogens is 316 g/mol. The van der Waals surface area contributed by atoms with Crippen molar-refractivity contribution >= 4 is 22.9 Å². The molecule has 7 heteroatoms. The molecule has 2 aromatic heterocycles. The molecule has 0 radical (unpaired) electrons. The van der Waals surface area contributed by atoms with Crippen LogP contribution < -0.4 is 10.6 Å². The molecule has 136 valence electrons. The van der Waals surface area contributed by atoms with Crippen LogP contribution in [0.4, 0.5) is 5.82 Å². The smallest absolute Gasteiger partial charge is 0.220 e. The zero-order valence-electron chi connectivity index (χ0n) is 14.9. The molecule has 2 aromatic rings. The molecule has 1 fully saturated rings. The number of carbonyl (C=O) groups excluding carboxylic acids is 1. The van der Waals surface area contributed by atoms with E-state index < -0.39 is 0 Å². The minimum atomic E-state index is 0.0896. The van der Waals surface area contributed by atoms with Crippen molar-refractivity contribution in [3.8, 4) is 0 Å². The fraction of sp³-hybridized carbons (Fsp3) is 0.667. The molecule has 0 spiro atoms. The number of aromatic nitrogens is 4. The fourth-order valence-corrected chi connectivity index (χ4v) is 3.53. The predicted molar refractivity (Wildman–Crippen MR) is 98.2 cm³/mol. The Bertz CT molecular complexity index is 679. The van der Waals surface area contributed by atoms with Gasteiger partial charge in [0.25, 0.3) is 0 Å². The predicted octanol–water partition coefficient (Wildman–Crippen LogP) is 3.02. The Labute approximate surface area is 148 Å². The van der Waals surface area contributed by atoms with Gasteiger partial charge < -0.3 is 15.6 Å². The molecule has 0 unspecified atom stereocenters. The van der Waals surface area contributed by atoms with Crippen molar-refractivity contribution in [2.75, 3.05) is 11.9 Å². The molecule has 7 nitrogen and oxygen atoms in total. The molecule has 1 saturated carbocycles. The van der Waals surface area contributed by atoms with Crippen LogP contribution in [0.2, 0.25) is 0 Å². The highest BCUT2D eigenvalue weighted by molar-refractivity contribution is 5.82. The van der Waals surface area contributed by atoms with Gasteiger partial charge in [0.05, 0.1) is 6.33 Å². The summed E-state index contributed by atoms with van der Waals surface area (Å²) < 4.78 is 0. The monoisotopic (exact) mass is 344 g/mol. The lowest BCUT2D eigenvalue weighted by Crippen LogP contribution is -2.39. The number of nitrogens with zero attached hydrogens (tertiary/aromatic N) is 3. The topological polar surface area (TPSA) is 95.6 Å². The van der Waals surface area contributed by atoms with Crippen molar-refractivity contribution in [3.63, 3.8) is 0 Å². The van der Waals surface area contributed by atoms with E-state index >= 15 is 0 Å². The van der Waals surface area contributed by atoms with E-state index in [0.29, 0.717) is 18.6 Å². The van der Waals surface area contributed by atoms with E-state index in [9.17, 15) is 4.79 Å². The van der Waals surface area contributed by atoms with E-state index in [4.69, 9.17) is 0 Å². The number of hydrogen-bond acceptors (Lipinski definition) is 5. The van der Waals surface area contributed by atoms with Gasteiger partial charge >= 0.3 is 0 Å². The molecule has 1 aliphatic carbocycles. The Hall–Kier alpha value is -2.18. The summed E-state index contributed by atoms with van der Waals surface area (Å²) in [6.45, 7) is 2.72. The third-order valence-electron chi connectivity index (χ3n) is 5.10. The van der Waals surface area contributed by atoms with Crippen LogP contribution in [0.5, 0.6) is 0 Å². The summed E-state index contributed by atoms with van der Waals surface area (Å²) in [6.07, 6.45) is 12.2. The van der Waals surface area contributed by atoms with Gasteiger partial charge in [0.1, 0.15) is 11.8 Å². The molecule has 3 rings (SSSR count). The molecule has 1 aliphatic rings. The van der Waals surface area contributed by atoms with Crippen molar-refractivity contribution in [1.29, 1.82) is 0 Å². The van der Waals surface area contributed by atoms with E-state index in [1.54, 1.807) is 6.33 Å². The number of fused-ring (bicyclic) bond motifs is 1. The Morgan fingerprint density at radius 1 is 1.28 bits per heavy atom. The van der Waals surface area contributed by atoms with Gasteiger partial charge in [-0.3, -0.25) is 4.79 Å². The van der Waals surface area contributed by atoms with Crippen LogP contribution in [0.15, 0.2) is 12.7 Å². The Balaban J connectivity index is 1.45. The molecule has 0 bridgehead atoms. The molecule has 3 N–H and O–H groups in total. The van der Waals surface area contributed by atoms with Crippen LogP contribution in [0.3, 0.4) is 0 Å². The number of hydrogen-bond donors (Lipinski definition) is 3. The van der Waals surface area contributed by atoms with E-state index in [0.717, 1.165) is 30.1 Å². The van der Waals surface area contributed by atoms with Crippen LogP contribution >= 0.6 is 0 Å². The maximum Gasteiger partial charge on any atom is 0.220 e. The quantitative estimate of drug-likeness (QED) is 0.684. The first-order valence-electron chi connectivity index (χ1n) is 9.43. The summed E-state index contributed by atoms with van der Waals surface area (Å²) in [5.41, 5.74) is 1.43. The molecular formula is C18H28N6O. The number of nitrogens with one attached hydrogen (secondary N) is 3. The molecule has 2 heterocycles. The van der Waals surface area contributed by atoms with E-state index in [1.165, 1.54) is 38.4 Å². The van der Waals surface area contributed by atoms with Crippen molar-refractivity contribution in [1.82, 2.24) is 25.3 Å². The van der Waals surface area contributed by atoms with Crippen molar-refractivity contribution in [2.24, 2.45) is 5.92 Å². The lowest BCUT2D eigenvalue weighted by Gasteiger charge is -2.22. The zero-order valence-corrected chi connectivity index (χ0v) is 14.9. The lowest BCUT2D eigenvalue weighted by molar-refractivity contribution is -0.122. The summed E-state index contributed by atoms with van der Waals surface area (Å²) >= 11 is 0. The third-order valence-corrected chi connectivity index (χ3v) is 5.10. The average Bonchev–Trinajstić information content (AvgIpc) is 3.13. The van der Waals surface area contributed by atoms with Gasteiger partial charge in [0.15, 0.2) is 11.5 Å². The van der Waals surface area contributed by atoms with Crippen LogP contribution in [0.25, 0.3) is 11.2 Å². The molecule has 0 aromatic carbocycles. The number of H-pyrrole nitrogens is 1. The highest BCUT2D eigenvalue weighted by Gasteiger charge is 2.16. The number of carbonyl (C=O) groups is 1. The number of rotatable bonds is 8. The van der Waals surface area contributed by atoms with Gasteiger partial charge in [-0.05, 0) is 18.8 Å². The fourth-order valence-electron chi connectivity index (χ4n) is 3.53. The summed E-state index contributed by atoms with van der Waals surface area (Å²) in [5.74, 6) is 1.62. The third kappa shape index (κ3) is 4.90. The lowest BCUT2D eigenvalue weighted by atomic mass is 9.86. The first-order chi connectivity index (χ1) is 12.3. The number of aromatic amines is 1. The Kier molecular flexibility index (Phi) is 6.19. The van der Waals surface area contributed by atoms with Crippen LogP contribution in [0.1, 0.15) is 58.3 Å². The minimum Gasteiger partial charge on any atom is -0.366 e. The largest absolute Gasteiger partial charge is 0.366 e. The van der Waals surface area contributed by atoms with Crippen molar-refractivity contribution in [3.05, 3.63) is 12.7 Å². The Morgan fingerprint density at radius 3 is 2.92 bits per heavy atom. The summed E-state index contributed by atoms with van der Waals surface area (Å²) in [5, 5.41) is 6.45. The van der Waals surface area contributed by atoms with Crippen LogP contribution in [0, 0.1) is 5.92 Å². The van der Waals surface area contributed by atoms with Gasteiger partial charge in [-0.25, -0.2) is 15.0 Å². The number of amides is 1. The molecule has 0 saturated heterocycles. The maximum absolute atomic E-state index is 12.3. The number of imidazole rings is 1. The van der Waals surface area contributed by atoms with Crippen molar-refractivity contribution in [2.45, 2.75) is 64.3 Å². The first-order valence-corrected chi connectivity index (χ1v) is 9.43. The second kappa shape index (κ2) is 8.78. The maximum atomic E-state index is 12.3. The van der Waals surface area contributed by atoms with E-state index in [2.05, 4.69) is 37.5 Å². The normalized spacial score (nSPS) is 16.7. The van der Waals surface area contributed by atoms with Crippen molar-refractivity contribution < 1.29 is 4.79 Å². The molecule has 0 aliphatic heterocycles. The highest BCUT2D eigenvalue weighted by atomic mass is 16.1. The summed E-state index contributed by atoms with van der Waals surface area (Å²) in [4.78, 5) is 27.8. The van der Waals surface area contributed by atoms with Crippen LogP contribution in [-0.2, 0) is 4.79 Å². The van der Waals surface area contributed by atoms with Gasteiger partial charge in [-0.15, -0.1) is 0 Å². The second-order valence-electron chi connectivity index (χ2n) is 6.92. The molecule has 1 amide bonds. The van der Waals surface area contributed by atoms with Gasteiger partial charge in [0, 0.05) is 19.0 Å². The Morgan fingerprint density at radius 2 is 2.12 bits per heavy atom. The van der Waals surface area contributed by atoms with E-state index in [-0.39, 0.29) is 11.9 Å². The van der Waals surface area contributed by atoms with E-state index in [1.807, 2.05) is 0 Å². The average molecular weight is 344 g/mol. The van der Waals surface area contributed by atoms with Gasteiger partial charge in [0.2, 0.25) is 5.91 Å². The first kappa shape index (κ1) is 17.6. The molecule has 1 atom stereocenters. The summed E-state index contributed by atoms with van der Waals surface area (Å²) in [7, 11) is 0. The number of anilines is 1. The van der Waals surface area contributed by atoms with Gasteiger partial charge in [-0.1, -0.05) is 39.0 Å². The standard InChI is InChI=1S/C18H28N6O/c1-2-14(24-15(25)9-8-13-6-4-3-5-7-13)10-19-17-16-18(21-11-20-16)23-12-22-17/h11-14H,2-10H2,1H3,(H,24,25)(H2,19,20,21,22,23)/t14-/m0/s1. The second-order valence-corrected chi connectivity index (χ2v) is 6.92. The van der Waals surface area contributed by atoms with Crippen LogP contribution in [-0.4, -0.2) is 38.4 Å². The SMILES string of the molecule is CC[C@@H](CNc1ncnc2nc[nH]c12)NC(=O)CCC1CCCCC1. The highest BCUT2D eigenvalue weighted by Crippen LogP contribution is 2.27. The minimum absolute atomic E-state index is 0.0896.